The van der Waals surface area contributed by atoms with E-state index in [2.05, 4.69) is 22.1 Å². The van der Waals surface area contributed by atoms with Gasteiger partial charge in [-0.15, -0.1) is 0 Å². The highest BCUT2D eigenvalue weighted by Crippen LogP contribution is 2.35. The van der Waals surface area contributed by atoms with E-state index in [0.29, 0.717) is 23.8 Å². The van der Waals surface area contributed by atoms with Crippen LogP contribution in [-0.4, -0.2) is 37.9 Å². The maximum atomic E-state index is 12.4. The molecule has 0 spiro atoms. The number of methoxy groups -OCH3 is 2. The van der Waals surface area contributed by atoms with Crippen molar-refractivity contribution in [2.45, 2.75) is 0 Å². The van der Waals surface area contributed by atoms with Crippen LogP contribution >= 0.6 is 0 Å². The Labute approximate surface area is 162 Å². The standard InChI is InChI=1S/C21H21N3O4/c1-4-11-28-15-7-5-14(6-8-15)13-22-24-21(25)18-12-16-17(23-18)9-10-19(26-2)20(16)27-3/h4-10,12-13,23H,1,11H2,2-3H3,(H,24,25). The predicted octanol–water partition coefficient (Wildman–Crippen LogP) is 3.51. The van der Waals surface area contributed by atoms with Gasteiger partial charge < -0.3 is 19.2 Å². The summed E-state index contributed by atoms with van der Waals surface area (Å²) in [6.07, 6.45) is 3.24. The van der Waals surface area contributed by atoms with E-state index in [4.69, 9.17) is 14.2 Å². The Bertz CT molecular complexity index is 1010. The number of fused-ring (bicyclic) bond motifs is 1. The SMILES string of the molecule is C=CCOc1ccc(C=NNC(=O)c2cc3c(OC)c(OC)ccc3[nH]2)cc1. The molecule has 1 heterocycles. The number of hydrazone groups is 1. The molecule has 0 atom stereocenters. The van der Waals surface area contributed by atoms with Gasteiger partial charge >= 0.3 is 0 Å². The zero-order valence-corrected chi connectivity index (χ0v) is 15.7. The minimum atomic E-state index is -0.362. The molecule has 0 radical (unpaired) electrons. The first-order valence-corrected chi connectivity index (χ1v) is 8.57. The molecule has 28 heavy (non-hydrogen) atoms. The molecular weight excluding hydrogens is 358 g/mol. The second kappa shape index (κ2) is 8.77. The number of ether oxygens (including phenoxy) is 3. The summed E-state index contributed by atoms with van der Waals surface area (Å²) in [5.41, 5.74) is 4.47. The Kier molecular flexibility index (Phi) is 5.96. The van der Waals surface area contributed by atoms with Crippen LogP contribution in [0.5, 0.6) is 17.2 Å². The van der Waals surface area contributed by atoms with Gasteiger partial charge in [-0.25, -0.2) is 5.43 Å². The first-order valence-electron chi connectivity index (χ1n) is 8.57. The van der Waals surface area contributed by atoms with Gasteiger partial charge in [-0.1, -0.05) is 12.7 Å². The minimum absolute atomic E-state index is 0.362. The van der Waals surface area contributed by atoms with Crippen LogP contribution in [0.25, 0.3) is 10.9 Å². The zero-order chi connectivity index (χ0) is 19.9. The molecule has 0 fully saturated rings. The van der Waals surface area contributed by atoms with Gasteiger partial charge in [-0.05, 0) is 48.0 Å². The summed E-state index contributed by atoms with van der Waals surface area (Å²) in [7, 11) is 3.12. The van der Waals surface area contributed by atoms with Crippen LogP contribution in [0.1, 0.15) is 16.1 Å². The van der Waals surface area contributed by atoms with Crippen LogP contribution in [0.3, 0.4) is 0 Å². The van der Waals surface area contributed by atoms with Gasteiger partial charge in [0.1, 0.15) is 18.1 Å². The van der Waals surface area contributed by atoms with Crippen molar-refractivity contribution in [3.8, 4) is 17.2 Å². The number of hydrogen-bond donors (Lipinski definition) is 2. The van der Waals surface area contributed by atoms with Crippen molar-refractivity contribution in [2.75, 3.05) is 20.8 Å². The third kappa shape index (κ3) is 4.15. The van der Waals surface area contributed by atoms with Gasteiger partial charge in [0.25, 0.3) is 5.91 Å². The topological polar surface area (TPSA) is 84.9 Å². The van der Waals surface area contributed by atoms with E-state index < -0.39 is 0 Å². The van der Waals surface area contributed by atoms with E-state index in [1.807, 2.05) is 30.3 Å². The monoisotopic (exact) mass is 379 g/mol. The average Bonchev–Trinajstić information content (AvgIpc) is 3.16. The molecule has 0 saturated heterocycles. The molecule has 2 N–H and O–H groups in total. The Hall–Kier alpha value is -3.74. The number of rotatable bonds is 8. The highest BCUT2D eigenvalue weighted by Gasteiger charge is 2.14. The van der Waals surface area contributed by atoms with Crippen molar-refractivity contribution in [3.63, 3.8) is 0 Å². The quantitative estimate of drug-likeness (QED) is 0.356. The Morgan fingerprint density at radius 2 is 1.96 bits per heavy atom. The van der Waals surface area contributed by atoms with E-state index in [-0.39, 0.29) is 5.91 Å². The molecule has 2 aromatic carbocycles. The number of hydrogen-bond acceptors (Lipinski definition) is 5. The largest absolute Gasteiger partial charge is 0.493 e. The van der Waals surface area contributed by atoms with Gasteiger partial charge in [-0.2, -0.15) is 5.10 Å². The summed E-state index contributed by atoms with van der Waals surface area (Å²) in [6.45, 7) is 4.05. The zero-order valence-electron chi connectivity index (χ0n) is 15.7. The third-order valence-electron chi connectivity index (χ3n) is 4.01. The molecule has 7 heteroatoms. The second-order valence-electron chi connectivity index (χ2n) is 5.81. The average molecular weight is 379 g/mol. The van der Waals surface area contributed by atoms with Gasteiger partial charge in [-0.3, -0.25) is 4.79 Å². The van der Waals surface area contributed by atoms with Gasteiger partial charge in [0.05, 0.1) is 26.0 Å². The lowest BCUT2D eigenvalue weighted by Gasteiger charge is -2.07. The highest BCUT2D eigenvalue weighted by molar-refractivity contribution is 6.00. The predicted molar refractivity (Wildman–Crippen MR) is 109 cm³/mol. The normalized spacial score (nSPS) is 10.8. The fourth-order valence-electron chi connectivity index (χ4n) is 2.68. The Balaban J connectivity index is 1.69. The summed E-state index contributed by atoms with van der Waals surface area (Å²) < 4.78 is 16.1. The number of aromatic amines is 1. The lowest BCUT2D eigenvalue weighted by molar-refractivity contribution is 0.0951. The molecule has 3 rings (SSSR count). The smallest absolute Gasteiger partial charge is 0.287 e. The van der Waals surface area contributed by atoms with E-state index in [0.717, 1.165) is 22.2 Å². The molecule has 0 bridgehead atoms. The van der Waals surface area contributed by atoms with Crippen molar-refractivity contribution in [1.82, 2.24) is 10.4 Å². The number of aromatic nitrogens is 1. The van der Waals surface area contributed by atoms with E-state index in [1.54, 1.807) is 38.6 Å². The molecule has 144 valence electrons. The number of benzene rings is 2. The highest BCUT2D eigenvalue weighted by atomic mass is 16.5. The molecule has 7 nitrogen and oxygen atoms in total. The molecule has 0 aliphatic rings. The molecule has 3 aromatic rings. The van der Waals surface area contributed by atoms with Crippen LogP contribution in [0.4, 0.5) is 0 Å². The molecule has 0 unspecified atom stereocenters. The molecule has 1 aromatic heterocycles. The van der Waals surface area contributed by atoms with Crippen LogP contribution in [0, 0.1) is 0 Å². The minimum Gasteiger partial charge on any atom is -0.493 e. The van der Waals surface area contributed by atoms with E-state index in [1.165, 1.54) is 0 Å². The number of amides is 1. The van der Waals surface area contributed by atoms with E-state index in [9.17, 15) is 4.79 Å². The summed E-state index contributed by atoms with van der Waals surface area (Å²) in [5, 5.41) is 4.75. The number of carbonyl (C=O) groups excluding carboxylic acids is 1. The molecule has 0 aliphatic heterocycles. The number of H-pyrrole nitrogens is 1. The molecule has 0 aliphatic carbocycles. The fraction of sp³-hybridized carbons (Fsp3) is 0.143. The van der Waals surface area contributed by atoms with E-state index >= 15 is 0 Å². The summed E-state index contributed by atoms with van der Waals surface area (Å²) >= 11 is 0. The van der Waals surface area contributed by atoms with Gasteiger partial charge in [0.2, 0.25) is 0 Å². The number of carbonyl (C=O) groups is 1. The lowest BCUT2D eigenvalue weighted by atomic mass is 10.2. The van der Waals surface area contributed by atoms with Crippen LogP contribution in [-0.2, 0) is 0 Å². The maximum Gasteiger partial charge on any atom is 0.287 e. The number of nitrogens with one attached hydrogen (secondary N) is 2. The molecule has 0 saturated carbocycles. The van der Waals surface area contributed by atoms with Crippen LogP contribution in [0.2, 0.25) is 0 Å². The van der Waals surface area contributed by atoms with Crippen molar-refractivity contribution >= 4 is 23.0 Å². The fourth-order valence-corrected chi connectivity index (χ4v) is 2.68. The lowest BCUT2D eigenvalue weighted by Crippen LogP contribution is -2.17. The van der Waals surface area contributed by atoms with Crippen molar-refractivity contribution in [2.24, 2.45) is 5.10 Å². The summed E-state index contributed by atoms with van der Waals surface area (Å²) in [5.74, 6) is 1.54. The van der Waals surface area contributed by atoms with Crippen molar-refractivity contribution in [1.29, 1.82) is 0 Å². The Morgan fingerprint density at radius 3 is 2.64 bits per heavy atom. The molecular formula is C21H21N3O4. The second-order valence-corrected chi connectivity index (χ2v) is 5.81. The maximum absolute atomic E-state index is 12.4. The summed E-state index contributed by atoms with van der Waals surface area (Å²) in [4.78, 5) is 15.4. The van der Waals surface area contributed by atoms with Crippen molar-refractivity contribution < 1.29 is 19.0 Å². The third-order valence-corrected chi connectivity index (χ3v) is 4.01. The van der Waals surface area contributed by atoms with Crippen LogP contribution in [0.15, 0.2) is 60.2 Å². The van der Waals surface area contributed by atoms with Gasteiger partial charge in [0, 0.05) is 5.39 Å². The van der Waals surface area contributed by atoms with Crippen LogP contribution < -0.4 is 19.6 Å². The summed E-state index contributed by atoms with van der Waals surface area (Å²) in [6, 6.07) is 12.6. The molecule has 1 amide bonds. The van der Waals surface area contributed by atoms with Gasteiger partial charge in [0.15, 0.2) is 11.5 Å². The van der Waals surface area contributed by atoms with Crippen molar-refractivity contribution in [3.05, 3.63) is 66.4 Å². The Morgan fingerprint density at radius 1 is 1.18 bits per heavy atom. The number of nitrogens with zero attached hydrogens (tertiary/aromatic N) is 1. The first-order chi connectivity index (χ1) is 13.7. The first kappa shape index (κ1) is 19.0.